The molecule has 0 aliphatic carbocycles. The summed E-state index contributed by atoms with van der Waals surface area (Å²) in [5, 5.41) is 0. The lowest BCUT2D eigenvalue weighted by Gasteiger charge is -2.09. The van der Waals surface area contributed by atoms with Crippen molar-refractivity contribution in [2.75, 3.05) is 20.0 Å². The van der Waals surface area contributed by atoms with Crippen LogP contribution in [0.4, 0.5) is 8.78 Å². The Balaban J connectivity index is 3.34. The maximum absolute atomic E-state index is 11.6. The molecule has 0 radical (unpaired) electrons. The van der Waals surface area contributed by atoms with E-state index >= 15 is 0 Å². The van der Waals surface area contributed by atoms with E-state index in [1.807, 2.05) is 0 Å². The Bertz CT molecular complexity index is 107. The molecular weight excluding hydrogens is 166 g/mol. The van der Waals surface area contributed by atoms with E-state index < -0.39 is 37.2 Å². The van der Waals surface area contributed by atoms with Crippen LogP contribution in [0.1, 0.15) is 0 Å². The number of alkyl halides is 2. The second-order valence-electron chi connectivity index (χ2n) is 1.66. The van der Waals surface area contributed by atoms with Gasteiger partial charge in [0, 0.05) is 5.92 Å². The molecule has 0 saturated carbocycles. The van der Waals surface area contributed by atoms with Crippen molar-refractivity contribution in [3.8, 4) is 0 Å². The van der Waals surface area contributed by atoms with Gasteiger partial charge in [0.2, 0.25) is 0 Å². The highest BCUT2D eigenvalue weighted by Crippen LogP contribution is 1.99. The molecule has 1 atom stereocenters. The van der Waals surface area contributed by atoms with E-state index in [-0.39, 0.29) is 0 Å². The zero-order chi connectivity index (χ0) is 7.98. The predicted molar refractivity (Wildman–Crippen MR) is 30.3 cm³/mol. The van der Waals surface area contributed by atoms with Crippen LogP contribution in [-0.2, 0) is 15.5 Å². The molecular formula is C4H7F2O3S-. The highest BCUT2D eigenvalue weighted by molar-refractivity contribution is 7.74. The smallest absolute Gasteiger partial charge is 0.0970 e. The number of hydrogen-bond donors (Lipinski definition) is 0. The summed E-state index contributed by atoms with van der Waals surface area (Å²) >= 11 is -2.67. The second-order valence-corrected chi connectivity index (χ2v) is 2.31. The van der Waals surface area contributed by atoms with E-state index in [2.05, 4.69) is 4.18 Å². The summed E-state index contributed by atoms with van der Waals surface area (Å²) in [7, 11) is 0. The van der Waals surface area contributed by atoms with Crippen LogP contribution in [0.5, 0.6) is 0 Å². The molecule has 0 aromatic heterocycles. The van der Waals surface area contributed by atoms with Gasteiger partial charge in [-0.1, -0.05) is 0 Å². The molecule has 0 N–H and O–H groups in total. The Morgan fingerprint density at radius 1 is 1.50 bits per heavy atom. The molecule has 0 bridgehead atoms. The van der Waals surface area contributed by atoms with Gasteiger partial charge in [0.05, 0.1) is 31.3 Å². The molecule has 0 saturated heterocycles. The van der Waals surface area contributed by atoms with E-state index in [9.17, 15) is 17.5 Å². The van der Waals surface area contributed by atoms with Crippen molar-refractivity contribution in [3.05, 3.63) is 0 Å². The van der Waals surface area contributed by atoms with Crippen LogP contribution >= 0.6 is 0 Å². The number of rotatable bonds is 5. The summed E-state index contributed by atoms with van der Waals surface area (Å²) in [5.74, 6) is -0.960. The van der Waals surface area contributed by atoms with Gasteiger partial charge >= 0.3 is 0 Å². The van der Waals surface area contributed by atoms with E-state index in [1.165, 1.54) is 0 Å². The van der Waals surface area contributed by atoms with E-state index in [4.69, 9.17) is 0 Å². The first-order valence-electron chi connectivity index (χ1n) is 2.55. The average molecular weight is 173 g/mol. The molecule has 6 heteroatoms. The summed E-state index contributed by atoms with van der Waals surface area (Å²) in [5.41, 5.74) is 0. The lowest BCUT2D eigenvalue weighted by atomic mass is 10.2. The molecule has 0 aromatic carbocycles. The topological polar surface area (TPSA) is 49.4 Å². The van der Waals surface area contributed by atoms with Crippen molar-refractivity contribution in [2.45, 2.75) is 0 Å². The zero-order valence-electron chi connectivity index (χ0n) is 5.09. The van der Waals surface area contributed by atoms with Gasteiger partial charge in [0.1, 0.15) is 0 Å². The Morgan fingerprint density at radius 3 is 2.30 bits per heavy atom. The van der Waals surface area contributed by atoms with Gasteiger partial charge in [-0.05, 0) is 0 Å². The van der Waals surface area contributed by atoms with Crippen molar-refractivity contribution >= 4 is 11.4 Å². The van der Waals surface area contributed by atoms with E-state index in [1.54, 1.807) is 0 Å². The Morgan fingerprint density at radius 2 is 2.00 bits per heavy atom. The molecule has 3 nitrogen and oxygen atoms in total. The molecule has 0 fully saturated rings. The van der Waals surface area contributed by atoms with Crippen LogP contribution in [0.2, 0.25) is 0 Å². The summed E-state index contributed by atoms with van der Waals surface area (Å²) in [6, 6.07) is 0. The fourth-order valence-corrected chi connectivity index (χ4v) is 0.586. The van der Waals surface area contributed by atoms with Crippen LogP contribution in [0, 0.1) is 5.92 Å². The molecule has 1 unspecified atom stereocenters. The number of halogens is 2. The standard InChI is InChI=1S/C4H8F2O3S/c5-1-4(2-6)3-9-10(7)8/h4H,1-3H2,(H,7,8)/p-1. The third kappa shape index (κ3) is 4.78. The van der Waals surface area contributed by atoms with Gasteiger partial charge in [0.25, 0.3) is 0 Å². The average Bonchev–Trinajstić information content (AvgIpc) is 1.90. The van der Waals surface area contributed by atoms with Crippen molar-refractivity contribution in [1.82, 2.24) is 0 Å². The molecule has 10 heavy (non-hydrogen) atoms. The van der Waals surface area contributed by atoms with E-state index in [0.717, 1.165) is 0 Å². The molecule has 62 valence electrons. The first kappa shape index (κ1) is 9.93. The number of hydrogen-bond acceptors (Lipinski definition) is 3. The van der Waals surface area contributed by atoms with Crippen LogP contribution in [0.25, 0.3) is 0 Å². The molecule has 0 spiro atoms. The van der Waals surface area contributed by atoms with Gasteiger partial charge in [-0.25, -0.2) is 4.21 Å². The fourth-order valence-electron chi connectivity index (χ4n) is 0.282. The minimum atomic E-state index is -2.67. The quantitative estimate of drug-likeness (QED) is 0.564. The monoisotopic (exact) mass is 173 g/mol. The van der Waals surface area contributed by atoms with Crippen molar-refractivity contribution in [2.24, 2.45) is 5.92 Å². The molecule has 0 rings (SSSR count). The van der Waals surface area contributed by atoms with Crippen LogP contribution in [0.15, 0.2) is 0 Å². The summed E-state index contributed by atoms with van der Waals surface area (Å²) in [6.45, 7) is -2.25. The third-order valence-corrected chi connectivity index (χ3v) is 1.16. The fraction of sp³-hybridized carbons (Fsp3) is 1.00. The summed E-state index contributed by atoms with van der Waals surface area (Å²) in [6.07, 6.45) is 0. The lowest BCUT2D eigenvalue weighted by molar-refractivity contribution is 0.186. The first-order chi connectivity index (χ1) is 4.70. The maximum atomic E-state index is 11.6. The molecule has 0 aliphatic heterocycles. The maximum Gasteiger partial charge on any atom is 0.0970 e. The second kappa shape index (κ2) is 5.70. The highest BCUT2D eigenvalue weighted by atomic mass is 32.2. The zero-order valence-corrected chi connectivity index (χ0v) is 5.90. The van der Waals surface area contributed by atoms with Gasteiger partial charge in [-0.3, -0.25) is 8.78 Å². The Hall–Kier alpha value is -0.0700. The molecule has 0 aliphatic rings. The van der Waals surface area contributed by atoms with Crippen LogP contribution in [-0.4, -0.2) is 28.7 Å². The van der Waals surface area contributed by atoms with Crippen molar-refractivity contribution in [1.29, 1.82) is 0 Å². The first-order valence-corrected chi connectivity index (χ1v) is 3.55. The van der Waals surface area contributed by atoms with Crippen molar-refractivity contribution in [3.63, 3.8) is 0 Å². The normalized spacial score (nSPS) is 14.0. The van der Waals surface area contributed by atoms with Gasteiger partial charge in [0.15, 0.2) is 0 Å². The minimum Gasteiger partial charge on any atom is -0.750 e. The SMILES string of the molecule is O=S([O-])OCC(CF)CF. The summed E-state index contributed by atoms with van der Waals surface area (Å²) in [4.78, 5) is 0. The van der Waals surface area contributed by atoms with Gasteiger partial charge in [-0.2, -0.15) is 0 Å². The van der Waals surface area contributed by atoms with E-state index in [0.29, 0.717) is 0 Å². The molecule has 0 heterocycles. The molecule has 0 aromatic rings. The minimum absolute atomic E-state index is 0.427. The van der Waals surface area contributed by atoms with Gasteiger partial charge < -0.3 is 8.74 Å². The van der Waals surface area contributed by atoms with Crippen molar-refractivity contribution < 1.29 is 21.7 Å². The predicted octanol–water partition coefficient (Wildman–Crippen LogP) is 0.352. The van der Waals surface area contributed by atoms with Crippen LogP contribution < -0.4 is 0 Å². The lowest BCUT2D eigenvalue weighted by Crippen LogP contribution is -2.14. The Labute approximate surface area is 59.9 Å². The molecule has 0 amide bonds. The van der Waals surface area contributed by atoms with Crippen LogP contribution in [0.3, 0.4) is 0 Å². The largest absolute Gasteiger partial charge is 0.750 e. The van der Waals surface area contributed by atoms with Gasteiger partial charge in [-0.15, -0.1) is 0 Å². The third-order valence-electron chi connectivity index (χ3n) is 0.836. The Kier molecular flexibility index (Phi) is 5.66. The summed E-state index contributed by atoms with van der Waals surface area (Å²) < 4.78 is 46.4. The highest BCUT2D eigenvalue weighted by Gasteiger charge is 2.07.